The van der Waals surface area contributed by atoms with Crippen LogP contribution in [-0.2, 0) is 52.1 Å². The molecule has 0 saturated heterocycles. The van der Waals surface area contributed by atoms with Crippen LogP contribution in [0.15, 0.2) is 48.5 Å². The summed E-state index contributed by atoms with van der Waals surface area (Å²) in [7, 11) is 3.40. The molecule has 7 rings (SSSR count). The van der Waals surface area contributed by atoms with Crippen molar-refractivity contribution in [2.75, 3.05) is 32.1 Å². The van der Waals surface area contributed by atoms with Crippen LogP contribution in [0.1, 0.15) is 71.0 Å². The molecule has 2 aliphatic carbocycles. The third kappa shape index (κ3) is 7.87. The van der Waals surface area contributed by atoms with E-state index < -0.39 is 0 Å². The highest BCUT2D eigenvalue weighted by Gasteiger charge is 2.32. The Morgan fingerprint density at radius 2 is 1.79 bits per heavy atom. The van der Waals surface area contributed by atoms with E-state index in [9.17, 15) is 14.4 Å². The molecule has 2 heterocycles. The molecule has 0 bridgehead atoms. The third-order valence-corrected chi connectivity index (χ3v) is 10.6. The number of amides is 1. The van der Waals surface area contributed by atoms with Crippen LogP contribution in [0.25, 0.3) is 11.1 Å². The Labute approximate surface area is 317 Å². The molecule has 4 aromatic rings. The van der Waals surface area contributed by atoms with Crippen molar-refractivity contribution in [1.29, 1.82) is 0 Å². The minimum atomic E-state index is -0.377. The molecular weight excluding hydrogens is 721 g/mol. The number of nitrogens with one attached hydrogen (secondary N) is 2. The molecule has 278 valence electrons. The number of esters is 1. The normalized spacial score (nSPS) is 16.4. The summed E-state index contributed by atoms with van der Waals surface area (Å²) in [6.07, 6.45) is 3.59. The quantitative estimate of drug-likeness (QED) is 0.113. The molecule has 1 amide bonds. The van der Waals surface area contributed by atoms with Gasteiger partial charge in [0.25, 0.3) is 5.91 Å². The number of anilines is 1. The lowest BCUT2D eigenvalue weighted by Gasteiger charge is -2.25. The number of rotatable bonds is 13. The van der Waals surface area contributed by atoms with Crippen LogP contribution < -0.4 is 20.3 Å². The first kappa shape index (κ1) is 36.7. The fourth-order valence-corrected chi connectivity index (χ4v) is 7.56. The van der Waals surface area contributed by atoms with Gasteiger partial charge in [-0.05, 0) is 61.4 Å². The number of carbonyl (C=O) groups excluding carboxylic acids is 3. The van der Waals surface area contributed by atoms with Crippen molar-refractivity contribution < 1.29 is 33.4 Å². The van der Waals surface area contributed by atoms with Gasteiger partial charge in [0, 0.05) is 49.4 Å². The van der Waals surface area contributed by atoms with Crippen LogP contribution >= 0.6 is 23.2 Å². The minimum absolute atomic E-state index is 0.0119. The number of methoxy groups -OCH3 is 1. The van der Waals surface area contributed by atoms with Crippen molar-refractivity contribution in [1.82, 2.24) is 19.9 Å². The summed E-state index contributed by atoms with van der Waals surface area (Å²) in [4.78, 5) is 49.3. The smallest absolute Gasteiger partial charge is 0.327 e. The van der Waals surface area contributed by atoms with Gasteiger partial charge in [-0.3, -0.25) is 19.3 Å². The second kappa shape index (κ2) is 15.8. The van der Waals surface area contributed by atoms with Crippen LogP contribution in [0.3, 0.4) is 0 Å². The maximum absolute atomic E-state index is 13.6. The van der Waals surface area contributed by atoms with Crippen LogP contribution in [0.4, 0.5) is 5.69 Å². The summed E-state index contributed by atoms with van der Waals surface area (Å²) in [6.45, 7) is 3.65. The van der Waals surface area contributed by atoms with Crippen molar-refractivity contribution >= 4 is 46.7 Å². The number of carbonyl (C=O) groups is 3. The van der Waals surface area contributed by atoms with Crippen molar-refractivity contribution in [3.63, 3.8) is 0 Å². The molecule has 14 heteroatoms. The van der Waals surface area contributed by atoms with E-state index in [0.29, 0.717) is 53.3 Å². The Bertz CT molecular complexity index is 2060. The molecular formula is C39H41Cl2N5O7. The SMILES string of the molecule is CCOC(=O)CN1CCc2c(nc(C(=O)Nc3cccc(-c4cccc5c4CCC5Oc4cc(OC)c(CNOC(=O)C5CC5)cc4Cl)c3Cl)n2C)C1. The Morgan fingerprint density at radius 3 is 2.57 bits per heavy atom. The molecule has 2 N–H and O–H groups in total. The number of fused-ring (bicyclic) bond motifs is 2. The molecule has 1 atom stereocenters. The second-order valence-corrected chi connectivity index (χ2v) is 14.2. The first-order chi connectivity index (χ1) is 25.6. The summed E-state index contributed by atoms with van der Waals surface area (Å²) in [6, 6.07) is 15.1. The van der Waals surface area contributed by atoms with Crippen LogP contribution in [0.5, 0.6) is 11.5 Å². The van der Waals surface area contributed by atoms with Crippen LogP contribution in [0, 0.1) is 5.92 Å². The number of aromatic nitrogens is 2. The van der Waals surface area contributed by atoms with Gasteiger partial charge in [0.1, 0.15) is 17.6 Å². The van der Waals surface area contributed by atoms with E-state index in [4.69, 9.17) is 42.3 Å². The van der Waals surface area contributed by atoms with Crippen LogP contribution in [0.2, 0.25) is 10.0 Å². The van der Waals surface area contributed by atoms with Crippen molar-refractivity contribution in [2.45, 2.75) is 58.2 Å². The van der Waals surface area contributed by atoms with Gasteiger partial charge in [-0.2, -0.15) is 0 Å². The monoisotopic (exact) mass is 761 g/mol. The molecule has 0 spiro atoms. The highest BCUT2D eigenvalue weighted by molar-refractivity contribution is 6.36. The molecule has 0 radical (unpaired) electrons. The van der Waals surface area contributed by atoms with E-state index in [-0.39, 0.29) is 48.8 Å². The van der Waals surface area contributed by atoms with E-state index in [1.165, 1.54) is 0 Å². The lowest BCUT2D eigenvalue weighted by molar-refractivity contribution is -0.153. The average molecular weight is 763 g/mol. The molecule has 3 aliphatic rings. The Hall–Kier alpha value is -4.62. The summed E-state index contributed by atoms with van der Waals surface area (Å²) < 4.78 is 19.0. The lowest BCUT2D eigenvalue weighted by Crippen LogP contribution is -2.36. The molecule has 3 aromatic carbocycles. The van der Waals surface area contributed by atoms with Gasteiger partial charge in [0.05, 0.1) is 54.2 Å². The number of benzene rings is 3. The topological polar surface area (TPSA) is 133 Å². The first-order valence-electron chi connectivity index (χ1n) is 17.8. The standard InChI is InChI=1S/C39H41Cl2N5O7/c1-4-51-35(47)21-46-16-15-31-30(20-46)43-37(45(31)2)38(48)44-29-10-6-9-27(36(29)41)24-7-5-8-26-25(24)13-14-32(26)52-34-18-33(50-3)23(17-28(34)40)19-42-53-39(49)22-11-12-22/h5-10,17-18,22,32,42H,4,11-16,19-21H2,1-3H3,(H,44,48). The van der Waals surface area contributed by atoms with Crippen molar-refractivity contribution in [3.05, 3.63) is 92.5 Å². The first-order valence-corrected chi connectivity index (χ1v) is 18.5. The van der Waals surface area contributed by atoms with Gasteiger partial charge in [-0.1, -0.05) is 53.5 Å². The van der Waals surface area contributed by atoms with Crippen molar-refractivity contribution in [3.8, 4) is 22.6 Å². The third-order valence-electron chi connectivity index (χ3n) is 9.90. The number of hydrogen-bond acceptors (Lipinski definition) is 10. The number of imidazole rings is 1. The molecule has 53 heavy (non-hydrogen) atoms. The maximum atomic E-state index is 13.6. The lowest BCUT2D eigenvalue weighted by atomic mass is 9.96. The zero-order valence-electron chi connectivity index (χ0n) is 29.8. The largest absolute Gasteiger partial charge is 0.496 e. The summed E-state index contributed by atoms with van der Waals surface area (Å²) in [5.74, 6) is 0.389. The second-order valence-electron chi connectivity index (χ2n) is 13.4. The zero-order valence-corrected chi connectivity index (χ0v) is 31.3. The van der Waals surface area contributed by atoms with Crippen LogP contribution in [-0.4, -0.2) is 59.1 Å². The van der Waals surface area contributed by atoms with Gasteiger partial charge in [0.15, 0.2) is 5.82 Å². The van der Waals surface area contributed by atoms with E-state index in [2.05, 4.69) is 15.8 Å². The number of hydrogen-bond donors (Lipinski definition) is 2. The summed E-state index contributed by atoms with van der Waals surface area (Å²) >= 11 is 13.7. The van der Waals surface area contributed by atoms with Gasteiger partial charge in [-0.25, -0.2) is 4.98 Å². The molecule has 1 unspecified atom stereocenters. The fourth-order valence-electron chi connectivity index (χ4n) is 7.05. The average Bonchev–Trinajstić information content (AvgIpc) is 3.84. The number of ether oxygens (including phenoxy) is 3. The molecule has 1 saturated carbocycles. The summed E-state index contributed by atoms with van der Waals surface area (Å²) in [5.41, 5.74) is 9.52. The maximum Gasteiger partial charge on any atom is 0.327 e. The molecule has 12 nitrogen and oxygen atoms in total. The number of nitrogens with zero attached hydrogens (tertiary/aromatic N) is 3. The van der Waals surface area contributed by atoms with Gasteiger partial charge in [-0.15, -0.1) is 5.48 Å². The predicted molar refractivity (Wildman–Crippen MR) is 199 cm³/mol. The van der Waals surface area contributed by atoms with Gasteiger partial charge < -0.3 is 28.9 Å². The van der Waals surface area contributed by atoms with E-state index in [0.717, 1.165) is 64.9 Å². The zero-order chi connectivity index (χ0) is 37.2. The number of hydroxylamine groups is 1. The summed E-state index contributed by atoms with van der Waals surface area (Å²) in [5, 5.41) is 3.81. The van der Waals surface area contributed by atoms with E-state index in [1.54, 1.807) is 32.2 Å². The highest BCUT2D eigenvalue weighted by atomic mass is 35.5. The van der Waals surface area contributed by atoms with Crippen molar-refractivity contribution in [2.24, 2.45) is 13.0 Å². The molecule has 1 aromatic heterocycles. The Kier molecular flexibility index (Phi) is 10.9. The van der Waals surface area contributed by atoms with E-state index >= 15 is 0 Å². The molecule has 1 aliphatic heterocycles. The van der Waals surface area contributed by atoms with Gasteiger partial charge in [0.2, 0.25) is 0 Å². The fraction of sp³-hybridized carbons (Fsp3) is 0.385. The Morgan fingerprint density at radius 1 is 1.00 bits per heavy atom. The Balaban J connectivity index is 1.05. The highest BCUT2D eigenvalue weighted by Crippen LogP contribution is 2.45. The molecule has 1 fully saturated rings. The minimum Gasteiger partial charge on any atom is -0.496 e. The van der Waals surface area contributed by atoms with E-state index in [1.807, 2.05) is 46.8 Å². The van der Waals surface area contributed by atoms with Gasteiger partial charge >= 0.3 is 11.9 Å². The number of halogens is 2. The predicted octanol–water partition coefficient (Wildman–Crippen LogP) is 6.60.